The molecule has 0 fully saturated rings. The van der Waals surface area contributed by atoms with Gasteiger partial charge in [-0.05, 0) is 79.9 Å². The molecule has 4 rings (SSSR count). The van der Waals surface area contributed by atoms with Crippen molar-refractivity contribution in [2.45, 2.75) is 24.8 Å². The van der Waals surface area contributed by atoms with Gasteiger partial charge in [0.15, 0.2) is 0 Å². The summed E-state index contributed by atoms with van der Waals surface area (Å²) in [6, 6.07) is 22.2. The molecule has 1 aliphatic heterocycles. The Morgan fingerprint density at radius 2 is 1.97 bits per heavy atom. The molecule has 2 N–H and O–H groups in total. The number of anilines is 3. The number of benzene rings is 3. The zero-order valence-electron chi connectivity index (χ0n) is 19.0. The smallest absolute Gasteiger partial charge is 0.251 e. The molecular formula is C27H29N3O2S. The number of hydrogen-bond acceptors (Lipinski definition) is 5. The first-order chi connectivity index (χ1) is 16.2. The summed E-state index contributed by atoms with van der Waals surface area (Å²) in [6.07, 6.45) is 6.83. The Labute approximate surface area is 199 Å². The zero-order chi connectivity index (χ0) is 23.0. The fourth-order valence-corrected chi connectivity index (χ4v) is 4.17. The summed E-state index contributed by atoms with van der Waals surface area (Å²) >= 11 is 1.70. The molecule has 170 valence electrons. The quantitative estimate of drug-likeness (QED) is 0.412. The molecule has 0 saturated heterocycles. The fourth-order valence-electron chi connectivity index (χ4n) is 3.76. The van der Waals surface area contributed by atoms with Gasteiger partial charge in [-0.3, -0.25) is 4.79 Å². The van der Waals surface area contributed by atoms with Crippen LogP contribution in [0.4, 0.5) is 17.1 Å². The number of amides is 1. The second kappa shape index (κ2) is 11.0. The summed E-state index contributed by atoms with van der Waals surface area (Å²) in [4.78, 5) is 16.3. The molecule has 0 unspecified atom stereocenters. The van der Waals surface area contributed by atoms with Gasteiger partial charge in [-0.1, -0.05) is 24.3 Å². The highest BCUT2D eigenvalue weighted by Crippen LogP contribution is 2.37. The van der Waals surface area contributed by atoms with Crippen LogP contribution in [0.25, 0.3) is 0 Å². The van der Waals surface area contributed by atoms with E-state index < -0.39 is 0 Å². The van der Waals surface area contributed by atoms with Crippen molar-refractivity contribution in [3.05, 3.63) is 90.1 Å². The monoisotopic (exact) mass is 459 g/mol. The van der Waals surface area contributed by atoms with Crippen LogP contribution in [-0.2, 0) is 6.54 Å². The van der Waals surface area contributed by atoms with Crippen LogP contribution in [0.2, 0.25) is 0 Å². The first-order valence-corrected chi connectivity index (χ1v) is 12.3. The topological polar surface area (TPSA) is 53.6 Å². The van der Waals surface area contributed by atoms with E-state index in [1.165, 1.54) is 4.90 Å². The predicted molar refractivity (Wildman–Crippen MR) is 138 cm³/mol. The summed E-state index contributed by atoms with van der Waals surface area (Å²) in [5, 5.41) is 6.29. The number of thioether (sulfide) groups is 1. The molecule has 0 spiro atoms. The average molecular weight is 460 g/mol. The molecule has 3 aromatic rings. The molecule has 0 atom stereocenters. The van der Waals surface area contributed by atoms with Gasteiger partial charge in [0.25, 0.3) is 5.91 Å². The van der Waals surface area contributed by atoms with Crippen molar-refractivity contribution < 1.29 is 9.53 Å². The van der Waals surface area contributed by atoms with Gasteiger partial charge in [-0.15, -0.1) is 11.8 Å². The van der Waals surface area contributed by atoms with E-state index in [-0.39, 0.29) is 5.91 Å². The maximum absolute atomic E-state index is 12.8. The van der Waals surface area contributed by atoms with Crippen LogP contribution >= 0.6 is 11.8 Å². The SMILES string of the molecule is C/C=C\Nc1cccc(N2CCCOc3cc(C(=O)NCc4ccc(SC)cc4)ccc32)c1. The van der Waals surface area contributed by atoms with Crippen LogP contribution in [0, 0.1) is 0 Å². The molecule has 1 heterocycles. The van der Waals surface area contributed by atoms with E-state index in [9.17, 15) is 4.79 Å². The molecule has 6 heteroatoms. The minimum Gasteiger partial charge on any atom is -0.491 e. The zero-order valence-corrected chi connectivity index (χ0v) is 19.8. The van der Waals surface area contributed by atoms with Crippen LogP contribution in [0.1, 0.15) is 29.3 Å². The van der Waals surface area contributed by atoms with Crippen LogP contribution in [-0.4, -0.2) is 25.3 Å². The van der Waals surface area contributed by atoms with Crippen molar-refractivity contribution in [3.63, 3.8) is 0 Å². The molecule has 3 aromatic carbocycles. The number of hydrogen-bond donors (Lipinski definition) is 2. The van der Waals surface area contributed by atoms with E-state index >= 15 is 0 Å². The van der Waals surface area contributed by atoms with E-state index in [2.05, 4.69) is 46.1 Å². The first kappa shape index (κ1) is 22.8. The van der Waals surface area contributed by atoms with Crippen LogP contribution < -0.4 is 20.3 Å². The Bertz CT molecular complexity index is 1130. The van der Waals surface area contributed by atoms with Crippen molar-refractivity contribution in [2.75, 3.05) is 29.6 Å². The van der Waals surface area contributed by atoms with E-state index in [0.717, 1.165) is 41.3 Å². The molecule has 33 heavy (non-hydrogen) atoms. The summed E-state index contributed by atoms with van der Waals surface area (Å²) in [5.74, 6) is 0.625. The van der Waals surface area contributed by atoms with Gasteiger partial charge in [0.2, 0.25) is 0 Å². The van der Waals surface area contributed by atoms with E-state index in [1.807, 2.05) is 61.7 Å². The van der Waals surface area contributed by atoms with Crippen LogP contribution in [0.3, 0.4) is 0 Å². The van der Waals surface area contributed by atoms with E-state index in [0.29, 0.717) is 18.7 Å². The second-order valence-corrected chi connectivity index (χ2v) is 8.64. The Morgan fingerprint density at radius 1 is 1.12 bits per heavy atom. The van der Waals surface area contributed by atoms with Gasteiger partial charge in [-0.25, -0.2) is 0 Å². The second-order valence-electron chi connectivity index (χ2n) is 7.76. The van der Waals surface area contributed by atoms with Gasteiger partial charge >= 0.3 is 0 Å². The minimum atomic E-state index is -0.108. The molecule has 0 saturated carbocycles. The van der Waals surface area contributed by atoms with Crippen molar-refractivity contribution in [3.8, 4) is 5.75 Å². The summed E-state index contributed by atoms with van der Waals surface area (Å²) < 4.78 is 6.02. The number of carbonyl (C=O) groups is 1. The number of carbonyl (C=O) groups excluding carboxylic acids is 1. The number of nitrogens with zero attached hydrogens (tertiary/aromatic N) is 1. The molecule has 0 radical (unpaired) electrons. The largest absolute Gasteiger partial charge is 0.491 e. The van der Waals surface area contributed by atoms with Crippen molar-refractivity contribution in [1.82, 2.24) is 5.32 Å². The Morgan fingerprint density at radius 3 is 2.76 bits per heavy atom. The van der Waals surface area contributed by atoms with E-state index in [4.69, 9.17) is 4.74 Å². The number of nitrogens with one attached hydrogen (secondary N) is 2. The van der Waals surface area contributed by atoms with Gasteiger partial charge in [0.1, 0.15) is 5.75 Å². The first-order valence-electron chi connectivity index (χ1n) is 11.1. The highest BCUT2D eigenvalue weighted by atomic mass is 32.2. The lowest BCUT2D eigenvalue weighted by Gasteiger charge is -2.25. The van der Waals surface area contributed by atoms with Gasteiger partial charge in [0.05, 0.1) is 12.3 Å². The Balaban J connectivity index is 1.51. The predicted octanol–water partition coefficient (Wildman–Crippen LogP) is 6.20. The number of fused-ring (bicyclic) bond motifs is 1. The van der Waals surface area contributed by atoms with Crippen LogP contribution in [0.5, 0.6) is 5.75 Å². The van der Waals surface area contributed by atoms with E-state index in [1.54, 1.807) is 11.8 Å². The van der Waals surface area contributed by atoms with Crippen molar-refractivity contribution >= 4 is 34.7 Å². The molecule has 1 amide bonds. The third-order valence-corrected chi connectivity index (χ3v) is 6.23. The number of allylic oxidation sites excluding steroid dienone is 1. The lowest BCUT2D eigenvalue weighted by molar-refractivity contribution is 0.0950. The maximum atomic E-state index is 12.8. The number of rotatable bonds is 7. The normalized spacial score (nSPS) is 13.2. The molecule has 0 aliphatic carbocycles. The Hall–Kier alpha value is -3.38. The summed E-state index contributed by atoms with van der Waals surface area (Å²) in [6.45, 7) is 3.93. The fraction of sp³-hybridized carbons (Fsp3) is 0.222. The lowest BCUT2D eigenvalue weighted by atomic mass is 10.1. The molecule has 0 aromatic heterocycles. The third-order valence-electron chi connectivity index (χ3n) is 5.48. The van der Waals surface area contributed by atoms with Crippen molar-refractivity contribution in [1.29, 1.82) is 0 Å². The standard InChI is InChI=1S/C27H29N3O2S/c1-3-14-28-22-6-4-7-23(18-22)30-15-5-16-32-26-17-21(10-13-25(26)30)27(31)29-19-20-8-11-24(33-2)12-9-20/h3-4,6-14,17-18,28H,5,15-16,19H2,1-2H3,(H,29,31)/b14-3-. The highest BCUT2D eigenvalue weighted by molar-refractivity contribution is 7.98. The minimum absolute atomic E-state index is 0.108. The Kier molecular flexibility index (Phi) is 7.58. The number of ether oxygens (including phenoxy) is 1. The maximum Gasteiger partial charge on any atom is 0.251 e. The van der Waals surface area contributed by atoms with Gasteiger partial charge in [0, 0.05) is 34.9 Å². The summed E-state index contributed by atoms with van der Waals surface area (Å²) in [7, 11) is 0. The summed E-state index contributed by atoms with van der Waals surface area (Å²) in [5.41, 5.74) is 4.76. The van der Waals surface area contributed by atoms with Gasteiger partial charge in [-0.2, -0.15) is 0 Å². The molecule has 5 nitrogen and oxygen atoms in total. The molecule has 0 bridgehead atoms. The van der Waals surface area contributed by atoms with Gasteiger partial charge < -0.3 is 20.3 Å². The third kappa shape index (κ3) is 5.71. The average Bonchev–Trinajstić information content (AvgIpc) is 3.08. The van der Waals surface area contributed by atoms with Crippen LogP contribution in [0.15, 0.2) is 83.9 Å². The highest BCUT2D eigenvalue weighted by Gasteiger charge is 2.20. The van der Waals surface area contributed by atoms with Crippen molar-refractivity contribution in [2.24, 2.45) is 0 Å². The molecule has 1 aliphatic rings. The lowest BCUT2D eigenvalue weighted by Crippen LogP contribution is -2.23. The molecular weight excluding hydrogens is 430 g/mol.